The van der Waals surface area contributed by atoms with Gasteiger partial charge in [0.2, 0.25) is 5.91 Å². The number of rotatable bonds is 4. The van der Waals surface area contributed by atoms with E-state index in [1.807, 2.05) is 53.1 Å². The molecule has 1 spiro atoms. The van der Waals surface area contributed by atoms with Crippen LogP contribution in [0.4, 0.5) is 5.82 Å². The van der Waals surface area contributed by atoms with Gasteiger partial charge in [-0.05, 0) is 63.1 Å². The van der Waals surface area contributed by atoms with Gasteiger partial charge in [0.05, 0.1) is 11.7 Å². The second-order valence-electron chi connectivity index (χ2n) is 9.84. The van der Waals surface area contributed by atoms with Gasteiger partial charge in [0.25, 0.3) is 0 Å². The quantitative estimate of drug-likeness (QED) is 0.399. The fourth-order valence-electron chi connectivity index (χ4n) is 5.65. The second kappa shape index (κ2) is 9.28. The molecule has 2 aromatic carbocycles. The third-order valence-corrected chi connectivity index (χ3v) is 8.10. The zero-order valence-corrected chi connectivity index (χ0v) is 22.2. The van der Waals surface area contributed by atoms with E-state index in [2.05, 4.69) is 38.9 Å². The van der Waals surface area contributed by atoms with Gasteiger partial charge in [0.1, 0.15) is 17.7 Å². The molecule has 2 saturated heterocycles. The zero-order chi connectivity index (χ0) is 25.7. The molecular formula is C27H27Cl2N7O. The Balaban J connectivity index is 1.44. The van der Waals surface area contributed by atoms with Crippen molar-refractivity contribution >= 4 is 46.1 Å². The highest BCUT2D eigenvalue weighted by atomic mass is 35.5. The van der Waals surface area contributed by atoms with Crippen molar-refractivity contribution in [3.63, 3.8) is 0 Å². The third kappa shape index (κ3) is 3.95. The van der Waals surface area contributed by atoms with E-state index in [0.29, 0.717) is 46.8 Å². The SMILES string of the molecule is CC(C)N1CNC(=O)C12CCN(c1ncnc3c1nc(-c1ccccc1Cl)n3-c1ccc(Cl)cc1)CC2. The van der Waals surface area contributed by atoms with Crippen molar-refractivity contribution < 1.29 is 4.79 Å². The number of aromatic nitrogens is 4. The molecule has 8 nitrogen and oxygen atoms in total. The van der Waals surface area contributed by atoms with Gasteiger partial charge in [-0.1, -0.05) is 35.3 Å². The molecule has 2 aromatic heterocycles. The number of halogens is 2. The first-order valence-electron chi connectivity index (χ1n) is 12.4. The summed E-state index contributed by atoms with van der Waals surface area (Å²) >= 11 is 12.8. The predicted octanol–water partition coefficient (Wildman–Crippen LogP) is 4.93. The summed E-state index contributed by atoms with van der Waals surface area (Å²) in [5, 5.41) is 4.31. The van der Waals surface area contributed by atoms with Gasteiger partial charge in [0.15, 0.2) is 17.0 Å². The van der Waals surface area contributed by atoms with Crippen LogP contribution in [-0.4, -0.2) is 61.7 Å². The minimum atomic E-state index is -0.470. The van der Waals surface area contributed by atoms with Crippen LogP contribution in [0.15, 0.2) is 54.9 Å². The van der Waals surface area contributed by atoms with Crippen LogP contribution in [0, 0.1) is 0 Å². The number of carbonyl (C=O) groups is 1. The number of nitrogens with zero attached hydrogens (tertiary/aromatic N) is 6. The number of hydrogen-bond donors (Lipinski definition) is 1. The van der Waals surface area contributed by atoms with Crippen molar-refractivity contribution in [2.75, 3.05) is 24.7 Å². The smallest absolute Gasteiger partial charge is 0.241 e. The molecule has 1 N–H and O–H groups in total. The van der Waals surface area contributed by atoms with Crippen LogP contribution in [0.25, 0.3) is 28.2 Å². The van der Waals surface area contributed by atoms with E-state index in [1.165, 1.54) is 0 Å². The molecule has 0 radical (unpaired) electrons. The lowest BCUT2D eigenvalue weighted by Gasteiger charge is -2.44. The Morgan fingerprint density at radius 2 is 1.73 bits per heavy atom. The summed E-state index contributed by atoms with van der Waals surface area (Å²) in [5.41, 5.74) is 2.59. The molecule has 0 saturated carbocycles. The van der Waals surface area contributed by atoms with Gasteiger partial charge in [-0.3, -0.25) is 14.3 Å². The van der Waals surface area contributed by atoms with Gasteiger partial charge >= 0.3 is 0 Å². The van der Waals surface area contributed by atoms with Crippen molar-refractivity contribution in [3.05, 3.63) is 64.9 Å². The van der Waals surface area contributed by atoms with E-state index in [-0.39, 0.29) is 11.9 Å². The van der Waals surface area contributed by atoms with E-state index in [4.69, 9.17) is 28.2 Å². The second-order valence-corrected chi connectivity index (χ2v) is 10.7. The molecular weight excluding hydrogens is 509 g/mol. The highest BCUT2D eigenvalue weighted by Crippen LogP contribution is 2.38. The van der Waals surface area contributed by atoms with Crippen molar-refractivity contribution in [1.82, 2.24) is 29.7 Å². The molecule has 0 aliphatic carbocycles. The van der Waals surface area contributed by atoms with Crippen molar-refractivity contribution in [2.24, 2.45) is 0 Å². The molecule has 2 fully saturated rings. The molecule has 10 heteroatoms. The maximum Gasteiger partial charge on any atom is 0.241 e. The molecule has 6 rings (SSSR count). The third-order valence-electron chi connectivity index (χ3n) is 7.52. The molecule has 1 amide bonds. The first kappa shape index (κ1) is 24.2. The number of benzene rings is 2. The summed E-state index contributed by atoms with van der Waals surface area (Å²) in [6, 6.07) is 15.5. The Morgan fingerprint density at radius 1 is 1.00 bits per heavy atom. The van der Waals surface area contributed by atoms with E-state index >= 15 is 0 Å². The van der Waals surface area contributed by atoms with Gasteiger partial charge in [-0.15, -0.1) is 0 Å². The molecule has 4 heterocycles. The highest BCUT2D eigenvalue weighted by Gasteiger charge is 2.51. The lowest BCUT2D eigenvalue weighted by atomic mass is 9.85. The molecule has 0 unspecified atom stereocenters. The Labute approximate surface area is 225 Å². The van der Waals surface area contributed by atoms with E-state index < -0.39 is 5.54 Å². The van der Waals surface area contributed by atoms with E-state index in [1.54, 1.807) is 6.33 Å². The van der Waals surface area contributed by atoms with Gasteiger partial charge in [-0.25, -0.2) is 15.0 Å². The van der Waals surface area contributed by atoms with Crippen LogP contribution in [0.1, 0.15) is 26.7 Å². The average Bonchev–Trinajstić information content (AvgIpc) is 3.43. The number of fused-ring (bicyclic) bond motifs is 1. The molecule has 4 aromatic rings. The molecule has 0 atom stereocenters. The summed E-state index contributed by atoms with van der Waals surface area (Å²) in [6.07, 6.45) is 3.02. The van der Waals surface area contributed by atoms with Crippen molar-refractivity contribution in [2.45, 2.75) is 38.3 Å². The van der Waals surface area contributed by atoms with Crippen molar-refractivity contribution in [3.8, 4) is 17.1 Å². The number of anilines is 1. The number of amides is 1. The number of carbonyl (C=O) groups excluding carboxylic acids is 1. The Bertz CT molecular complexity index is 1480. The van der Waals surface area contributed by atoms with E-state index in [0.717, 1.165) is 29.9 Å². The lowest BCUT2D eigenvalue weighted by molar-refractivity contribution is -0.128. The first-order valence-corrected chi connectivity index (χ1v) is 13.2. The number of piperidine rings is 1. The zero-order valence-electron chi connectivity index (χ0n) is 20.7. The van der Waals surface area contributed by atoms with Crippen LogP contribution in [0.3, 0.4) is 0 Å². The maximum atomic E-state index is 12.9. The minimum Gasteiger partial charge on any atom is -0.354 e. The molecule has 0 bridgehead atoms. The van der Waals surface area contributed by atoms with Crippen LogP contribution in [-0.2, 0) is 4.79 Å². The monoisotopic (exact) mass is 535 g/mol. The van der Waals surface area contributed by atoms with Crippen LogP contribution < -0.4 is 10.2 Å². The van der Waals surface area contributed by atoms with Crippen molar-refractivity contribution in [1.29, 1.82) is 0 Å². The van der Waals surface area contributed by atoms with Crippen LogP contribution in [0.5, 0.6) is 0 Å². The number of hydrogen-bond acceptors (Lipinski definition) is 6. The predicted molar refractivity (Wildman–Crippen MR) is 146 cm³/mol. The normalized spacial score (nSPS) is 17.8. The maximum absolute atomic E-state index is 12.9. The van der Waals surface area contributed by atoms with Gasteiger partial charge in [0, 0.05) is 35.4 Å². The summed E-state index contributed by atoms with van der Waals surface area (Å²) in [6.45, 7) is 6.26. The average molecular weight is 536 g/mol. The van der Waals surface area contributed by atoms with Crippen LogP contribution >= 0.6 is 23.2 Å². The molecule has 2 aliphatic rings. The minimum absolute atomic E-state index is 0.127. The Kier molecular flexibility index (Phi) is 6.06. The summed E-state index contributed by atoms with van der Waals surface area (Å²) in [4.78, 5) is 31.8. The highest BCUT2D eigenvalue weighted by molar-refractivity contribution is 6.33. The molecule has 37 heavy (non-hydrogen) atoms. The van der Waals surface area contributed by atoms with Crippen LogP contribution in [0.2, 0.25) is 10.0 Å². The Morgan fingerprint density at radius 3 is 2.43 bits per heavy atom. The van der Waals surface area contributed by atoms with Gasteiger partial charge in [-0.2, -0.15) is 0 Å². The summed E-state index contributed by atoms with van der Waals surface area (Å²) in [7, 11) is 0. The number of nitrogens with one attached hydrogen (secondary N) is 1. The number of imidazole rings is 1. The lowest BCUT2D eigenvalue weighted by Crippen LogP contribution is -2.58. The topological polar surface area (TPSA) is 79.2 Å². The van der Waals surface area contributed by atoms with Gasteiger partial charge < -0.3 is 10.2 Å². The fraction of sp³-hybridized carbons (Fsp3) is 0.333. The molecule has 2 aliphatic heterocycles. The largest absolute Gasteiger partial charge is 0.354 e. The summed E-state index contributed by atoms with van der Waals surface area (Å²) in [5.74, 6) is 1.57. The first-order chi connectivity index (χ1) is 17.9. The fourth-order valence-corrected chi connectivity index (χ4v) is 6.00. The molecule has 190 valence electrons. The Hall–Kier alpha value is -3.20. The standard InChI is InChI=1S/C27H27Cl2N7O/c1-17(2)35-16-32-26(37)27(35)11-13-34(14-12-27)24-22-25(31-15-30-24)36(19-9-7-18(28)8-10-19)23(33-22)20-5-3-4-6-21(20)29/h3-10,15,17H,11-14,16H2,1-2H3,(H,32,37). The summed E-state index contributed by atoms with van der Waals surface area (Å²) < 4.78 is 1.99. The van der Waals surface area contributed by atoms with E-state index in [9.17, 15) is 4.79 Å².